The number of sulfonamides is 1. The Morgan fingerprint density at radius 3 is 2.46 bits per heavy atom. The van der Waals surface area contributed by atoms with Crippen LogP contribution >= 0.6 is 23.2 Å². The van der Waals surface area contributed by atoms with Gasteiger partial charge in [0.25, 0.3) is 0 Å². The highest BCUT2D eigenvalue weighted by atomic mass is 35.5. The number of halogens is 2. The van der Waals surface area contributed by atoms with E-state index in [9.17, 15) is 13.2 Å². The fourth-order valence-corrected chi connectivity index (χ4v) is 4.81. The molecule has 1 amide bonds. The molecule has 1 aromatic carbocycles. The summed E-state index contributed by atoms with van der Waals surface area (Å²) in [6, 6.07) is 4.74. The highest BCUT2D eigenvalue weighted by molar-refractivity contribution is 7.89. The molecule has 1 N–H and O–H groups in total. The third-order valence-corrected chi connectivity index (χ3v) is 6.77. The summed E-state index contributed by atoms with van der Waals surface area (Å²) in [5, 5.41) is 3.42. The molecule has 2 fully saturated rings. The van der Waals surface area contributed by atoms with Gasteiger partial charge in [0.1, 0.15) is 4.90 Å². The zero-order valence-corrected chi connectivity index (χ0v) is 15.4. The van der Waals surface area contributed by atoms with Crippen LogP contribution in [0.2, 0.25) is 10.0 Å². The van der Waals surface area contributed by atoms with Crippen molar-refractivity contribution in [3.8, 4) is 0 Å². The smallest absolute Gasteiger partial charge is 0.244 e. The summed E-state index contributed by atoms with van der Waals surface area (Å²) < 4.78 is 26.8. The number of benzene rings is 1. The van der Waals surface area contributed by atoms with Crippen molar-refractivity contribution in [1.29, 1.82) is 0 Å². The molecule has 0 spiro atoms. The van der Waals surface area contributed by atoms with E-state index in [0.29, 0.717) is 43.8 Å². The van der Waals surface area contributed by atoms with Gasteiger partial charge in [-0.25, -0.2) is 8.42 Å². The van der Waals surface area contributed by atoms with Gasteiger partial charge < -0.3 is 5.32 Å². The van der Waals surface area contributed by atoms with Crippen LogP contribution in [0, 0.1) is 0 Å². The molecule has 0 radical (unpaired) electrons. The number of hydrogen-bond donors (Lipinski definition) is 1. The fraction of sp³-hybridized carbons (Fsp3) is 0.533. The van der Waals surface area contributed by atoms with Gasteiger partial charge in [0.05, 0.1) is 11.6 Å². The van der Waals surface area contributed by atoms with Gasteiger partial charge in [-0.1, -0.05) is 23.2 Å². The van der Waals surface area contributed by atoms with Crippen molar-refractivity contribution in [3.63, 3.8) is 0 Å². The standard InChI is InChI=1S/C15H19Cl2N3O3S/c16-11-1-4-13(17)14(9-11)24(22,23)20-7-5-19(6-8-20)10-15(21)18-12-2-3-12/h1,4,9,12H,2-3,5-8,10H2,(H,18,21). The van der Waals surface area contributed by atoms with Crippen LogP contribution < -0.4 is 5.32 Å². The fourth-order valence-electron chi connectivity index (χ4n) is 2.65. The molecule has 1 aliphatic carbocycles. The molecule has 9 heteroatoms. The summed E-state index contributed by atoms with van der Waals surface area (Å²) in [5.41, 5.74) is 0. The predicted molar refractivity (Wildman–Crippen MR) is 92.8 cm³/mol. The summed E-state index contributed by atoms with van der Waals surface area (Å²) in [7, 11) is -3.69. The molecule has 132 valence electrons. The van der Waals surface area contributed by atoms with Crippen molar-refractivity contribution in [3.05, 3.63) is 28.2 Å². The molecule has 1 heterocycles. The monoisotopic (exact) mass is 391 g/mol. The van der Waals surface area contributed by atoms with Gasteiger partial charge in [-0.2, -0.15) is 4.31 Å². The van der Waals surface area contributed by atoms with E-state index in [4.69, 9.17) is 23.2 Å². The van der Waals surface area contributed by atoms with E-state index in [0.717, 1.165) is 12.8 Å². The van der Waals surface area contributed by atoms with E-state index in [-0.39, 0.29) is 15.8 Å². The number of amides is 1. The summed E-state index contributed by atoms with van der Waals surface area (Å²) in [6.45, 7) is 1.97. The minimum atomic E-state index is -3.69. The second kappa shape index (κ2) is 7.17. The highest BCUT2D eigenvalue weighted by Crippen LogP contribution is 2.28. The Labute approximate surface area is 151 Å². The van der Waals surface area contributed by atoms with Crippen molar-refractivity contribution in [1.82, 2.24) is 14.5 Å². The van der Waals surface area contributed by atoms with Gasteiger partial charge in [0.15, 0.2) is 0 Å². The molecule has 1 aliphatic heterocycles. The van der Waals surface area contributed by atoms with Crippen molar-refractivity contribution in [2.24, 2.45) is 0 Å². The average Bonchev–Trinajstić information content (AvgIpc) is 3.34. The van der Waals surface area contributed by atoms with Gasteiger partial charge in [0, 0.05) is 37.2 Å². The molecule has 1 saturated heterocycles. The van der Waals surface area contributed by atoms with Gasteiger partial charge in [-0.15, -0.1) is 0 Å². The Kier molecular flexibility index (Phi) is 5.36. The zero-order valence-electron chi connectivity index (χ0n) is 13.0. The summed E-state index contributed by atoms with van der Waals surface area (Å²) in [5.74, 6) is 0.00620. The number of nitrogens with zero attached hydrogens (tertiary/aromatic N) is 2. The van der Waals surface area contributed by atoms with Crippen molar-refractivity contribution in [2.75, 3.05) is 32.7 Å². The first-order valence-electron chi connectivity index (χ1n) is 7.83. The van der Waals surface area contributed by atoms with Crippen LogP contribution in [0.3, 0.4) is 0 Å². The van der Waals surface area contributed by atoms with Crippen LogP contribution in [-0.2, 0) is 14.8 Å². The SMILES string of the molecule is O=C(CN1CCN(S(=O)(=O)c2cc(Cl)ccc2Cl)CC1)NC1CC1. The maximum atomic E-state index is 12.7. The maximum absolute atomic E-state index is 12.7. The van der Waals surface area contributed by atoms with Gasteiger partial charge in [-0.05, 0) is 31.0 Å². The lowest BCUT2D eigenvalue weighted by atomic mass is 10.3. The molecule has 0 unspecified atom stereocenters. The third-order valence-electron chi connectivity index (χ3n) is 4.15. The van der Waals surface area contributed by atoms with Crippen molar-refractivity contribution < 1.29 is 13.2 Å². The molecule has 24 heavy (non-hydrogen) atoms. The Morgan fingerprint density at radius 2 is 1.83 bits per heavy atom. The molecule has 0 atom stereocenters. The summed E-state index contributed by atoms with van der Waals surface area (Å²) in [6.07, 6.45) is 2.11. The van der Waals surface area contributed by atoms with Crippen LogP contribution in [0.4, 0.5) is 0 Å². The lowest BCUT2D eigenvalue weighted by Gasteiger charge is -2.33. The maximum Gasteiger partial charge on any atom is 0.244 e. The van der Waals surface area contributed by atoms with Crippen LogP contribution in [0.1, 0.15) is 12.8 Å². The van der Waals surface area contributed by atoms with E-state index in [1.54, 1.807) is 6.07 Å². The second-order valence-corrected chi connectivity index (χ2v) is 8.85. The summed E-state index contributed by atoms with van der Waals surface area (Å²) in [4.78, 5) is 13.8. The van der Waals surface area contributed by atoms with Crippen LogP contribution in [0.15, 0.2) is 23.1 Å². The van der Waals surface area contributed by atoms with E-state index >= 15 is 0 Å². The molecular weight excluding hydrogens is 373 g/mol. The normalized spacial score (nSPS) is 20.1. The van der Waals surface area contributed by atoms with E-state index in [1.807, 2.05) is 4.90 Å². The lowest BCUT2D eigenvalue weighted by molar-refractivity contribution is -0.122. The molecule has 1 aromatic rings. The molecule has 1 saturated carbocycles. The Hall–Kier alpha value is -0.860. The first-order valence-corrected chi connectivity index (χ1v) is 10.0. The molecular formula is C15H19Cl2N3O3S. The van der Waals surface area contributed by atoms with Gasteiger partial charge >= 0.3 is 0 Å². The highest BCUT2D eigenvalue weighted by Gasteiger charge is 2.31. The van der Waals surface area contributed by atoms with Gasteiger partial charge in [0.2, 0.25) is 15.9 Å². The number of hydrogen-bond acceptors (Lipinski definition) is 4. The predicted octanol–water partition coefficient (Wildman–Crippen LogP) is 1.58. The first kappa shape index (κ1) is 17.9. The minimum absolute atomic E-state index is 0.00620. The zero-order chi connectivity index (χ0) is 17.3. The Bertz CT molecular complexity index is 729. The van der Waals surface area contributed by atoms with Gasteiger partial charge in [-0.3, -0.25) is 9.69 Å². The molecule has 6 nitrogen and oxygen atoms in total. The van der Waals surface area contributed by atoms with Crippen molar-refractivity contribution in [2.45, 2.75) is 23.8 Å². The topological polar surface area (TPSA) is 69.7 Å². The molecule has 2 aliphatic rings. The largest absolute Gasteiger partial charge is 0.352 e. The Balaban J connectivity index is 1.60. The summed E-state index contributed by atoms with van der Waals surface area (Å²) >= 11 is 11.9. The third kappa shape index (κ3) is 4.21. The average molecular weight is 392 g/mol. The van der Waals surface area contributed by atoms with E-state index in [1.165, 1.54) is 16.4 Å². The van der Waals surface area contributed by atoms with Crippen LogP contribution in [0.5, 0.6) is 0 Å². The van der Waals surface area contributed by atoms with Crippen LogP contribution in [-0.4, -0.2) is 62.3 Å². The molecule has 0 bridgehead atoms. The second-order valence-electron chi connectivity index (χ2n) is 6.10. The van der Waals surface area contributed by atoms with E-state index < -0.39 is 10.0 Å². The lowest BCUT2D eigenvalue weighted by Crippen LogP contribution is -2.51. The van der Waals surface area contributed by atoms with E-state index in [2.05, 4.69) is 5.32 Å². The molecule has 3 rings (SSSR count). The Morgan fingerprint density at radius 1 is 1.17 bits per heavy atom. The number of carbonyl (C=O) groups excluding carboxylic acids is 1. The number of rotatable bonds is 5. The number of nitrogens with one attached hydrogen (secondary N) is 1. The first-order chi connectivity index (χ1) is 11.4. The molecule has 0 aromatic heterocycles. The van der Waals surface area contributed by atoms with Crippen LogP contribution in [0.25, 0.3) is 0 Å². The minimum Gasteiger partial charge on any atom is -0.352 e. The number of piperazine rings is 1. The van der Waals surface area contributed by atoms with Crippen molar-refractivity contribution >= 4 is 39.1 Å². The number of carbonyl (C=O) groups is 1. The quantitative estimate of drug-likeness (QED) is 0.826.